The van der Waals surface area contributed by atoms with Crippen LogP contribution >= 0.6 is 15.9 Å². The summed E-state index contributed by atoms with van der Waals surface area (Å²) in [5.74, 6) is 1.04. The van der Waals surface area contributed by atoms with Gasteiger partial charge in [-0.3, -0.25) is 0 Å². The molecule has 4 heteroatoms. The number of fused-ring (bicyclic) bond motifs is 1. The van der Waals surface area contributed by atoms with Crippen molar-refractivity contribution in [3.63, 3.8) is 0 Å². The number of rotatable bonds is 3. The minimum atomic E-state index is 0.359. The molecule has 0 amide bonds. The van der Waals surface area contributed by atoms with Crippen LogP contribution in [0.15, 0.2) is 28.7 Å². The number of benzene rings is 1. The third-order valence-corrected chi connectivity index (χ3v) is 5.16. The first-order valence-corrected chi connectivity index (χ1v) is 8.90. The van der Waals surface area contributed by atoms with Gasteiger partial charge in [0.2, 0.25) is 0 Å². The van der Waals surface area contributed by atoms with E-state index in [0.717, 1.165) is 34.1 Å². The number of hydrogen-bond acceptors (Lipinski definition) is 3. The van der Waals surface area contributed by atoms with Gasteiger partial charge in [-0.15, -0.1) is 0 Å². The first-order chi connectivity index (χ1) is 11.1. The van der Waals surface area contributed by atoms with Crippen LogP contribution in [0.3, 0.4) is 0 Å². The summed E-state index contributed by atoms with van der Waals surface area (Å²) in [4.78, 5) is 4.53. The molecular formula is C19H20BrN3. The fourth-order valence-electron chi connectivity index (χ4n) is 3.55. The van der Waals surface area contributed by atoms with Crippen molar-refractivity contribution >= 4 is 21.7 Å². The van der Waals surface area contributed by atoms with Gasteiger partial charge in [-0.1, -0.05) is 47.8 Å². The van der Waals surface area contributed by atoms with Crippen LogP contribution in [0.2, 0.25) is 0 Å². The monoisotopic (exact) mass is 369 g/mol. The Balaban J connectivity index is 2.18. The number of nitriles is 1. The number of aryl methyl sites for hydroxylation is 1. The van der Waals surface area contributed by atoms with Crippen LogP contribution in [0, 0.1) is 17.2 Å². The topological polar surface area (TPSA) is 62.7 Å². The van der Waals surface area contributed by atoms with Gasteiger partial charge in [0.15, 0.2) is 0 Å². The Kier molecular flexibility index (Phi) is 4.68. The number of nitrogens with zero attached hydrogens (tertiary/aromatic N) is 2. The maximum absolute atomic E-state index is 9.61. The van der Waals surface area contributed by atoms with Crippen molar-refractivity contribution in [2.24, 2.45) is 5.92 Å². The van der Waals surface area contributed by atoms with Crippen LogP contribution in [0.4, 0.5) is 5.82 Å². The van der Waals surface area contributed by atoms with Crippen molar-refractivity contribution in [2.75, 3.05) is 5.73 Å². The Bertz CT molecular complexity index is 760. The zero-order valence-electron chi connectivity index (χ0n) is 13.3. The lowest BCUT2D eigenvalue weighted by molar-refractivity contribution is 0.419. The van der Waals surface area contributed by atoms with Gasteiger partial charge < -0.3 is 5.73 Å². The van der Waals surface area contributed by atoms with Crippen molar-refractivity contribution in [2.45, 2.75) is 39.0 Å². The third-order valence-electron chi connectivity index (χ3n) is 4.64. The highest BCUT2D eigenvalue weighted by Gasteiger charge is 2.26. The molecule has 1 aliphatic rings. The van der Waals surface area contributed by atoms with E-state index in [-0.39, 0.29) is 0 Å². The maximum Gasteiger partial charge on any atom is 0.142 e. The largest absolute Gasteiger partial charge is 0.383 e. The van der Waals surface area contributed by atoms with Gasteiger partial charge in [-0.05, 0) is 48.4 Å². The lowest BCUT2D eigenvalue weighted by Gasteiger charge is -2.27. The molecule has 118 valence electrons. The molecule has 0 aliphatic heterocycles. The summed E-state index contributed by atoms with van der Waals surface area (Å²) in [5.41, 5.74) is 10.9. The molecule has 1 aliphatic carbocycles. The molecule has 0 saturated carbocycles. The van der Waals surface area contributed by atoms with Crippen LogP contribution in [0.1, 0.15) is 43.0 Å². The van der Waals surface area contributed by atoms with E-state index in [1.807, 2.05) is 24.3 Å². The number of halogens is 1. The number of anilines is 1. The summed E-state index contributed by atoms with van der Waals surface area (Å²) in [6.45, 7) is 2.23. The first kappa shape index (κ1) is 16.0. The van der Waals surface area contributed by atoms with Gasteiger partial charge in [0, 0.05) is 15.7 Å². The van der Waals surface area contributed by atoms with Crippen LogP contribution in [0.5, 0.6) is 0 Å². The molecular weight excluding hydrogens is 350 g/mol. The molecule has 0 bridgehead atoms. The lowest BCUT2D eigenvalue weighted by atomic mass is 9.79. The minimum Gasteiger partial charge on any atom is -0.383 e. The van der Waals surface area contributed by atoms with E-state index in [2.05, 4.69) is 33.9 Å². The molecule has 0 fully saturated rings. The van der Waals surface area contributed by atoms with Gasteiger partial charge in [0.1, 0.15) is 17.5 Å². The highest BCUT2D eigenvalue weighted by Crippen LogP contribution is 2.38. The van der Waals surface area contributed by atoms with Crippen molar-refractivity contribution in [1.29, 1.82) is 5.26 Å². The van der Waals surface area contributed by atoms with Gasteiger partial charge in [0.05, 0.1) is 0 Å². The first-order valence-electron chi connectivity index (χ1n) is 8.11. The fourth-order valence-corrected chi connectivity index (χ4v) is 3.82. The number of aromatic nitrogens is 1. The quantitative estimate of drug-likeness (QED) is 0.838. The molecule has 2 N–H and O–H groups in total. The van der Waals surface area contributed by atoms with Crippen LogP contribution in [0.25, 0.3) is 11.1 Å². The van der Waals surface area contributed by atoms with E-state index in [0.29, 0.717) is 17.3 Å². The zero-order chi connectivity index (χ0) is 16.4. The normalized spacial score (nSPS) is 16.7. The Morgan fingerprint density at radius 1 is 1.35 bits per heavy atom. The van der Waals surface area contributed by atoms with Crippen LogP contribution < -0.4 is 5.73 Å². The molecule has 1 aromatic carbocycles. The number of pyridine rings is 1. The molecule has 1 atom stereocenters. The average molecular weight is 370 g/mol. The van der Waals surface area contributed by atoms with Crippen molar-refractivity contribution in [3.05, 3.63) is 45.6 Å². The van der Waals surface area contributed by atoms with Crippen LogP contribution in [-0.2, 0) is 12.8 Å². The number of hydrogen-bond donors (Lipinski definition) is 1. The minimum absolute atomic E-state index is 0.359. The van der Waals surface area contributed by atoms with Gasteiger partial charge in [0.25, 0.3) is 0 Å². The molecule has 1 heterocycles. The molecule has 0 spiro atoms. The van der Waals surface area contributed by atoms with E-state index in [1.165, 1.54) is 24.8 Å². The summed E-state index contributed by atoms with van der Waals surface area (Å²) >= 11 is 3.47. The molecule has 23 heavy (non-hydrogen) atoms. The molecule has 2 aromatic rings. The molecule has 3 rings (SSSR count). The number of nitrogens with two attached hydrogens (primary N) is 1. The molecule has 0 saturated heterocycles. The second kappa shape index (κ2) is 6.72. The summed E-state index contributed by atoms with van der Waals surface area (Å²) in [5, 5.41) is 9.61. The Hall–Kier alpha value is -1.86. The predicted molar refractivity (Wildman–Crippen MR) is 96.9 cm³/mol. The van der Waals surface area contributed by atoms with Crippen molar-refractivity contribution in [3.8, 4) is 17.2 Å². The van der Waals surface area contributed by atoms with E-state index < -0.39 is 0 Å². The second-order valence-corrected chi connectivity index (χ2v) is 7.10. The summed E-state index contributed by atoms with van der Waals surface area (Å²) in [7, 11) is 0. The van der Waals surface area contributed by atoms with E-state index in [9.17, 15) is 5.26 Å². The molecule has 1 aromatic heterocycles. The van der Waals surface area contributed by atoms with Crippen molar-refractivity contribution < 1.29 is 0 Å². The van der Waals surface area contributed by atoms with Gasteiger partial charge in [-0.2, -0.15) is 5.26 Å². The lowest BCUT2D eigenvalue weighted by Crippen LogP contribution is -2.18. The van der Waals surface area contributed by atoms with Gasteiger partial charge in [-0.25, -0.2) is 4.98 Å². The third kappa shape index (κ3) is 3.11. The van der Waals surface area contributed by atoms with Gasteiger partial charge >= 0.3 is 0 Å². The number of nitrogen functional groups attached to an aromatic ring is 1. The summed E-state index contributed by atoms with van der Waals surface area (Å²) < 4.78 is 1.03. The standard InChI is InChI=1S/C19H20BrN3/c1-2-3-12-4-9-17-15(10-12)18(16(11-21)19(22)23-17)13-5-7-14(20)8-6-13/h5-8,12H,2-4,9-10H2,1H3,(H2,22,23). The predicted octanol–water partition coefficient (Wildman–Crippen LogP) is 4.87. The molecule has 3 nitrogen and oxygen atoms in total. The fraction of sp³-hybridized carbons (Fsp3) is 0.368. The SMILES string of the molecule is CCCC1CCc2nc(N)c(C#N)c(-c3ccc(Br)cc3)c2C1. The molecule has 0 radical (unpaired) electrons. The Morgan fingerprint density at radius 3 is 2.74 bits per heavy atom. The summed E-state index contributed by atoms with van der Waals surface area (Å²) in [6.07, 6.45) is 5.54. The molecule has 1 unspecified atom stereocenters. The Labute approximate surface area is 145 Å². The zero-order valence-corrected chi connectivity index (χ0v) is 14.9. The van der Waals surface area contributed by atoms with Crippen LogP contribution in [-0.4, -0.2) is 4.98 Å². The summed E-state index contributed by atoms with van der Waals surface area (Å²) in [6, 6.07) is 10.4. The Morgan fingerprint density at radius 2 is 2.09 bits per heavy atom. The smallest absolute Gasteiger partial charge is 0.142 e. The highest BCUT2D eigenvalue weighted by atomic mass is 79.9. The maximum atomic E-state index is 9.61. The van der Waals surface area contributed by atoms with Crippen molar-refractivity contribution in [1.82, 2.24) is 4.98 Å². The van der Waals surface area contributed by atoms with E-state index >= 15 is 0 Å². The van der Waals surface area contributed by atoms with E-state index in [4.69, 9.17) is 5.73 Å². The van der Waals surface area contributed by atoms with E-state index in [1.54, 1.807) is 0 Å². The highest BCUT2D eigenvalue weighted by molar-refractivity contribution is 9.10. The second-order valence-electron chi connectivity index (χ2n) is 6.19. The average Bonchev–Trinajstić information content (AvgIpc) is 2.55.